The Kier molecular flexibility index (Phi) is 3.61. The number of aromatic nitrogens is 1. The van der Waals surface area contributed by atoms with E-state index in [-0.39, 0.29) is 0 Å². The fraction of sp³-hybridized carbons (Fsp3) is 0.0769. The number of allylic oxidation sites excluding steroid dienone is 4. The molecule has 1 aliphatic rings. The van der Waals surface area contributed by atoms with E-state index in [1.54, 1.807) is 0 Å². The molecule has 1 nitrogen and oxygen atoms in total. The molecule has 0 radical (unpaired) electrons. The van der Waals surface area contributed by atoms with Crippen LogP contribution in [0.2, 0.25) is 0 Å². The maximum atomic E-state index is 4.04. The van der Waals surface area contributed by atoms with Crippen LogP contribution in [0.5, 0.6) is 0 Å². The predicted molar refractivity (Wildman–Crippen MR) is 118 cm³/mol. The third-order valence-corrected chi connectivity index (χ3v) is 5.58. The van der Waals surface area contributed by atoms with Crippen molar-refractivity contribution in [1.82, 2.24) is 4.57 Å². The molecule has 0 N–H and O–H groups in total. The Bertz CT molecular complexity index is 1260. The summed E-state index contributed by atoms with van der Waals surface area (Å²) < 4.78 is 2.33. The molecule has 1 heteroatoms. The van der Waals surface area contributed by atoms with Crippen molar-refractivity contribution in [1.29, 1.82) is 0 Å². The minimum absolute atomic E-state index is 0.943. The predicted octanol–water partition coefficient (Wildman–Crippen LogP) is 7.08. The summed E-state index contributed by atoms with van der Waals surface area (Å²) in [7, 11) is 0. The highest BCUT2D eigenvalue weighted by molar-refractivity contribution is 6.06. The molecule has 4 aromatic rings. The second kappa shape index (κ2) is 6.14. The molecule has 0 atom stereocenters. The molecular weight excluding hydrogens is 326 g/mol. The zero-order valence-corrected chi connectivity index (χ0v) is 15.4. The minimum atomic E-state index is 0.943. The zero-order chi connectivity index (χ0) is 18.4. The standard InChI is InChI=1S/C26H21N/c1-3-19(4-2)27-24-14-8-7-12-23(24)26-22-17-16-18-10-5-6-11-20(18)21(22)13-9-15-25(26)27/h3-12,14-17H,1,13H2,2H3. The molecule has 5 rings (SSSR count). The van der Waals surface area contributed by atoms with Crippen LogP contribution in [-0.2, 0) is 6.42 Å². The Morgan fingerprint density at radius 1 is 0.963 bits per heavy atom. The van der Waals surface area contributed by atoms with Crippen LogP contribution in [0.3, 0.4) is 0 Å². The zero-order valence-electron chi connectivity index (χ0n) is 15.4. The first-order valence-electron chi connectivity index (χ1n) is 9.43. The Balaban J connectivity index is 1.96. The van der Waals surface area contributed by atoms with Gasteiger partial charge in [-0.3, -0.25) is 0 Å². The number of nitrogens with zero attached hydrogens (tertiary/aromatic N) is 1. The number of rotatable bonds is 2. The normalized spacial score (nSPS) is 13.4. The second-order valence-electron chi connectivity index (χ2n) is 6.95. The van der Waals surface area contributed by atoms with Gasteiger partial charge in [-0.05, 0) is 53.5 Å². The van der Waals surface area contributed by atoms with E-state index in [1.165, 1.54) is 44.1 Å². The maximum Gasteiger partial charge on any atom is 0.0544 e. The summed E-state index contributed by atoms with van der Waals surface area (Å²) in [4.78, 5) is 0. The highest BCUT2D eigenvalue weighted by Gasteiger charge is 2.22. The van der Waals surface area contributed by atoms with Crippen molar-refractivity contribution in [2.24, 2.45) is 0 Å². The molecule has 1 aromatic heterocycles. The van der Waals surface area contributed by atoms with Crippen LogP contribution in [0.25, 0.3) is 44.6 Å². The number of para-hydroxylation sites is 1. The Hall–Kier alpha value is -3.32. The van der Waals surface area contributed by atoms with E-state index in [0.717, 1.165) is 12.1 Å². The lowest BCUT2D eigenvalue weighted by atomic mass is 9.92. The van der Waals surface area contributed by atoms with Crippen LogP contribution in [-0.4, -0.2) is 4.57 Å². The molecule has 0 amide bonds. The molecule has 1 aliphatic carbocycles. The Morgan fingerprint density at radius 3 is 2.56 bits per heavy atom. The molecule has 1 heterocycles. The summed E-state index contributed by atoms with van der Waals surface area (Å²) in [6.45, 7) is 6.11. The minimum Gasteiger partial charge on any atom is -0.310 e. The molecule has 0 fully saturated rings. The van der Waals surface area contributed by atoms with Gasteiger partial charge in [-0.2, -0.15) is 0 Å². The molecule has 3 aromatic carbocycles. The van der Waals surface area contributed by atoms with Gasteiger partial charge in [0.05, 0.1) is 11.2 Å². The summed E-state index contributed by atoms with van der Waals surface area (Å²) in [6, 6.07) is 21.9. The van der Waals surface area contributed by atoms with Crippen LogP contribution < -0.4 is 0 Å². The quantitative estimate of drug-likeness (QED) is 0.341. The lowest BCUT2D eigenvalue weighted by molar-refractivity contribution is 1.15. The lowest BCUT2D eigenvalue weighted by Gasteiger charge is -2.12. The van der Waals surface area contributed by atoms with Crippen LogP contribution >= 0.6 is 0 Å². The van der Waals surface area contributed by atoms with Crippen molar-refractivity contribution in [2.75, 3.05) is 0 Å². The van der Waals surface area contributed by atoms with Gasteiger partial charge in [0.2, 0.25) is 0 Å². The van der Waals surface area contributed by atoms with E-state index in [0.29, 0.717) is 0 Å². The first kappa shape index (κ1) is 15.9. The Morgan fingerprint density at radius 2 is 1.74 bits per heavy atom. The van der Waals surface area contributed by atoms with Gasteiger partial charge in [0, 0.05) is 16.6 Å². The van der Waals surface area contributed by atoms with Gasteiger partial charge < -0.3 is 4.57 Å². The highest BCUT2D eigenvalue weighted by atomic mass is 15.0. The number of benzene rings is 3. The fourth-order valence-electron chi connectivity index (χ4n) is 4.40. The molecule has 0 aliphatic heterocycles. The van der Waals surface area contributed by atoms with E-state index >= 15 is 0 Å². The van der Waals surface area contributed by atoms with E-state index in [9.17, 15) is 0 Å². The van der Waals surface area contributed by atoms with Crippen molar-refractivity contribution in [2.45, 2.75) is 13.3 Å². The van der Waals surface area contributed by atoms with Gasteiger partial charge in [-0.25, -0.2) is 0 Å². The topological polar surface area (TPSA) is 4.93 Å². The van der Waals surface area contributed by atoms with Gasteiger partial charge in [0.15, 0.2) is 0 Å². The smallest absolute Gasteiger partial charge is 0.0544 e. The fourth-order valence-corrected chi connectivity index (χ4v) is 4.40. The maximum absolute atomic E-state index is 4.04. The average Bonchev–Trinajstić information content (AvgIpc) is 2.90. The highest BCUT2D eigenvalue weighted by Crippen LogP contribution is 2.42. The molecule has 0 spiro atoms. The second-order valence-corrected chi connectivity index (χ2v) is 6.95. The van der Waals surface area contributed by atoms with E-state index in [1.807, 2.05) is 6.08 Å². The largest absolute Gasteiger partial charge is 0.310 e. The van der Waals surface area contributed by atoms with Crippen LogP contribution in [0.1, 0.15) is 18.2 Å². The molecule has 130 valence electrons. The number of fused-ring (bicyclic) bond motifs is 7. The number of hydrogen-bond donors (Lipinski definition) is 0. The molecular formula is C26H21N. The van der Waals surface area contributed by atoms with Gasteiger partial charge in [-0.15, -0.1) is 0 Å². The molecule has 27 heavy (non-hydrogen) atoms. The summed E-state index contributed by atoms with van der Waals surface area (Å²) in [5.41, 5.74) is 7.64. The average molecular weight is 347 g/mol. The molecule has 0 unspecified atom stereocenters. The molecule has 0 bridgehead atoms. The summed E-state index contributed by atoms with van der Waals surface area (Å²) in [5.74, 6) is 0. The summed E-state index contributed by atoms with van der Waals surface area (Å²) in [5, 5.41) is 3.94. The van der Waals surface area contributed by atoms with Crippen molar-refractivity contribution in [3.05, 3.63) is 96.7 Å². The third kappa shape index (κ3) is 2.25. The van der Waals surface area contributed by atoms with Crippen molar-refractivity contribution in [3.63, 3.8) is 0 Å². The lowest BCUT2D eigenvalue weighted by Crippen LogP contribution is -1.97. The van der Waals surface area contributed by atoms with Crippen LogP contribution in [0.4, 0.5) is 0 Å². The van der Waals surface area contributed by atoms with Crippen LogP contribution in [0, 0.1) is 0 Å². The van der Waals surface area contributed by atoms with E-state index in [2.05, 4.69) is 97.0 Å². The van der Waals surface area contributed by atoms with Crippen molar-refractivity contribution in [3.8, 4) is 11.1 Å². The third-order valence-electron chi connectivity index (χ3n) is 5.58. The Labute approximate surface area is 159 Å². The molecule has 0 saturated carbocycles. The first-order valence-corrected chi connectivity index (χ1v) is 9.43. The van der Waals surface area contributed by atoms with Crippen LogP contribution in [0.15, 0.2) is 85.5 Å². The monoisotopic (exact) mass is 347 g/mol. The van der Waals surface area contributed by atoms with Gasteiger partial charge in [0.1, 0.15) is 0 Å². The summed E-state index contributed by atoms with van der Waals surface area (Å²) >= 11 is 0. The van der Waals surface area contributed by atoms with Gasteiger partial charge >= 0.3 is 0 Å². The van der Waals surface area contributed by atoms with E-state index in [4.69, 9.17) is 0 Å². The van der Waals surface area contributed by atoms with Gasteiger partial charge in [-0.1, -0.05) is 73.3 Å². The number of hydrogen-bond acceptors (Lipinski definition) is 0. The van der Waals surface area contributed by atoms with Gasteiger partial charge in [0.25, 0.3) is 0 Å². The summed E-state index contributed by atoms with van der Waals surface area (Å²) in [6.07, 6.45) is 9.57. The van der Waals surface area contributed by atoms with Crippen molar-refractivity contribution >= 4 is 33.4 Å². The SMILES string of the molecule is C=CC(=CC)n1c2c(c3ccccc31)-c1ccc3ccccc3c1CC=C2. The molecule has 0 saturated heterocycles. The first-order chi connectivity index (χ1) is 13.3. The van der Waals surface area contributed by atoms with E-state index < -0.39 is 0 Å². The van der Waals surface area contributed by atoms with Crippen molar-refractivity contribution < 1.29 is 0 Å².